The fraction of sp³-hybridized carbons (Fsp3) is 0.357. The van der Waals surface area contributed by atoms with Gasteiger partial charge in [0, 0.05) is 4.47 Å². The normalized spacial score (nSPS) is 21.8. The fourth-order valence-electron chi connectivity index (χ4n) is 2.50. The van der Waals surface area contributed by atoms with Crippen LogP contribution in [0.2, 0.25) is 0 Å². The molecule has 0 bridgehead atoms. The standard InChI is InChI=1S/C14H13BrN2O4/c15-8-1-3-11-10(5-8)13(18)17(7-16-11)6-9-2-4-12(21-9)14(19)20/h1,3,5,7,9,12H,2,4,6H2,(H,19,20). The summed E-state index contributed by atoms with van der Waals surface area (Å²) in [6.07, 6.45) is 1.54. The van der Waals surface area contributed by atoms with E-state index in [9.17, 15) is 9.59 Å². The summed E-state index contributed by atoms with van der Waals surface area (Å²) in [6.45, 7) is 0.318. The molecular weight excluding hydrogens is 340 g/mol. The lowest BCUT2D eigenvalue weighted by atomic mass is 10.2. The van der Waals surface area contributed by atoms with E-state index >= 15 is 0 Å². The molecule has 1 fully saturated rings. The topological polar surface area (TPSA) is 81.4 Å². The van der Waals surface area contributed by atoms with Crippen molar-refractivity contribution < 1.29 is 14.6 Å². The number of hydrogen-bond acceptors (Lipinski definition) is 4. The van der Waals surface area contributed by atoms with Gasteiger partial charge in [0.1, 0.15) is 0 Å². The van der Waals surface area contributed by atoms with Crippen LogP contribution in [0.15, 0.2) is 33.8 Å². The summed E-state index contributed by atoms with van der Waals surface area (Å²) in [5.41, 5.74) is 0.485. The Balaban J connectivity index is 1.87. The predicted molar refractivity (Wildman–Crippen MR) is 79.2 cm³/mol. The van der Waals surface area contributed by atoms with Gasteiger partial charge in [-0.2, -0.15) is 0 Å². The van der Waals surface area contributed by atoms with Gasteiger partial charge < -0.3 is 9.84 Å². The molecule has 21 heavy (non-hydrogen) atoms. The van der Waals surface area contributed by atoms with E-state index in [0.29, 0.717) is 30.3 Å². The number of hydrogen-bond donors (Lipinski definition) is 1. The first-order chi connectivity index (χ1) is 10.0. The third-order valence-electron chi connectivity index (χ3n) is 3.57. The van der Waals surface area contributed by atoms with Crippen LogP contribution in [-0.4, -0.2) is 32.8 Å². The summed E-state index contributed by atoms with van der Waals surface area (Å²) in [5.74, 6) is -0.953. The molecule has 2 unspecified atom stereocenters. The number of aliphatic carboxylic acids is 1. The largest absolute Gasteiger partial charge is 0.479 e. The van der Waals surface area contributed by atoms with E-state index in [2.05, 4.69) is 20.9 Å². The highest BCUT2D eigenvalue weighted by atomic mass is 79.9. The smallest absolute Gasteiger partial charge is 0.332 e. The molecule has 1 aromatic heterocycles. The average molecular weight is 353 g/mol. The first kappa shape index (κ1) is 14.2. The lowest BCUT2D eigenvalue weighted by Gasteiger charge is -2.13. The highest BCUT2D eigenvalue weighted by Crippen LogP contribution is 2.21. The third-order valence-corrected chi connectivity index (χ3v) is 4.06. The minimum absolute atomic E-state index is 0.149. The minimum Gasteiger partial charge on any atom is -0.479 e. The van der Waals surface area contributed by atoms with E-state index in [1.807, 2.05) is 6.07 Å². The molecular formula is C14H13BrN2O4. The van der Waals surface area contributed by atoms with Gasteiger partial charge in [-0.1, -0.05) is 15.9 Å². The Bertz CT molecular complexity index is 758. The number of carbonyl (C=O) groups is 1. The van der Waals surface area contributed by atoms with Gasteiger partial charge in [-0.3, -0.25) is 9.36 Å². The maximum atomic E-state index is 12.4. The maximum absolute atomic E-state index is 12.4. The molecule has 1 aliphatic rings. The molecule has 1 aromatic carbocycles. The van der Waals surface area contributed by atoms with Crippen LogP contribution in [0.5, 0.6) is 0 Å². The zero-order valence-electron chi connectivity index (χ0n) is 11.0. The number of rotatable bonds is 3. The van der Waals surface area contributed by atoms with Gasteiger partial charge in [-0.15, -0.1) is 0 Å². The van der Waals surface area contributed by atoms with Crippen LogP contribution < -0.4 is 5.56 Å². The van der Waals surface area contributed by atoms with E-state index < -0.39 is 12.1 Å². The molecule has 0 aliphatic carbocycles. The third kappa shape index (κ3) is 2.84. The van der Waals surface area contributed by atoms with Crippen molar-refractivity contribution in [2.24, 2.45) is 0 Å². The lowest BCUT2D eigenvalue weighted by molar-refractivity contribution is -0.149. The van der Waals surface area contributed by atoms with Crippen molar-refractivity contribution in [3.8, 4) is 0 Å². The summed E-state index contributed by atoms with van der Waals surface area (Å²) >= 11 is 3.34. The van der Waals surface area contributed by atoms with Crippen molar-refractivity contribution in [3.05, 3.63) is 39.4 Å². The fourth-order valence-corrected chi connectivity index (χ4v) is 2.86. The van der Waals surface area contributed by atoms with Crippen molar-refractivity contribution in [1.82, 2.24) is 9.55 Å². The molecule has 0 saturated carbocycles. The van der Waals surface area contributed by atoms with Gasteiger partial charge in [0.05, 0.1) is 29.9 Å². The number of carboxylic acid groups (broad SMARTS) is 1. The van der Waals surface area contributed by atoms with Crippen molar-refractivity contribution in [3.63, 3.8) is 0 Å². The molecule has 1 N–H and O–H groups in total. The zero-order valence-corrected chi connectivity index (χ0v) is 12.6. The average Bonchev–Trinajstić information content (AvgIpc) is 2.91. The summed E-state index contributed by atoms with van der Waals surface area (Å²) in [4.78, 5) is 27.5. The van der Waals surface area contributed by atoms with Crippen molar-refractivity contribution in [2.75, 3.05) is 0 Å². The Kier molecular flexibility index (Phi) is 3.77. The van der Waals surface area contributed by atoms with Gasteiger partial charge in [-0.05, 0) is 31.0 Å². The highest BCUT2D eigenvalue weighted by molar-refractivity contribution is 9.10. The first-order valence-corrected chi connectivity index (χ1v) is 7.37. The van der Waals surface area contributed by atoms with Gasteiger partial charge in [-0.25, -0.2) is 9.78 Å². The number of carboxylic acids is 1. The van der Waals surface area contributed by atoms with E-state index in [-0.39, 0.29) is 11.7 Å². The number of halogens is 1. The molecule has 1 aliphatic heterocycles. The van der Waals surface area contributed by atoms with Crippen molar-refractivity contribution in [1.29, 1.82) is 0 Å². The Morgan fingerprint density at radius 1 is 1.48 bits per heavy atom. The summed E-state index contributed by atoms with van der Waals surface area (Å²) in [6, 6.07) is 5.34. The molecule has 7 heteroatoms. The van der Waals surface area contributed by atoms with Crippen LogP contribution in [0.3, 0.4) is 0 Å². The van der Waals surface area contributed by atoms with Crippen molar-refractivity contribution in [2.45, 2.75) is 31.6 Å². The molecule has 2 atom stereocenters. The highest BCUT2D eigenvalue weighted by Gasteiger charge is 2.30. The second-order valence-electron chi connectivity index (χ2n) is 5.03. The van der Waals surface area contributed by atoms with Gasteiger partial charge in [0.15, 0.2) is 6.10 Å². The van der Waals surface area contributed by atoms with Gasteiger partial charge >= 0.3 is 5.97 Å². The summed E-state index contributed by atoms with van der Waals surface area (Å²) in [7, 11) is 0. The summed E-state index contributed by atoms with van der Waals surface area (Å²) in [5, 5.41) is 9.44. The lowest BCUT2D eigenvalue weighted by Crippen LogP contribution is -2.28. The molecule has 2 aromatic rings. The second-order valence-corrected chi connectivity index (χ2v) is 5.94. The molecule has 2 heterocycles. The molecule has 1 saturated heterocycles. The predicted octanol–water partition coefficient (Wildman–Crippen LogP) is 1.79. The SMILES string of the molecule is O=C(O)C1CCC(Cn2cnc3ccc(Br)cc3c2=O)O1. The zero-order chi connectivity index (χ0) is 15.0. The summed E-state index contributed by atoms with van der Waals surface area (Å²) < 4.78 is 7.71. The molecule has 3 rings (SSSR count). The van der Waals surface area contributed by atoms with Crippen LogP contribution in [0.1, 0.15) is 12.8 Å². The number of ether oxygens (including phenoxy) is 1. The Morgan fingerprint density at radius 3 is 3.00 bits per heavy atom. The number of nitrogens with zero attached hydrogens (tertiary/aromatic N) is 2. The van der Waals surface area contributed by atoms with Crippen LogP contribution in [0.25, 0.3) is 10.9 Å². The Morgan fingerprint density at radius 2 is 2.29 bits per heavy atom. The van der Waals surface area contributed by atoms with Crippen LogP contribution >= 0.6 is 15.9 Å². The number of aromatic nitrogens is 2. The van der Waals surface area contributed by atoms with Crippen molar-refractivity contribution >= 4 is 32.8 Å². The van der Waals surface area contributed by atoms with E-state index in [0.717, 1.165) is 4.47 Å². The molecule has 0 radical (unpaired) electrons. The van der Waals surface area contributed by atoms with Crippen LogP contribution in [0.4, 0.5) is 0 Å². The van der Waals surface area contributed by atoms with Crippen LogP contribution in [0, 0.1) is 0 Å². The molecule has 110 valence electrons. The quantitative estimate of drug-likeness (QED) is 0.910. The number of fused-ring (bicyclic) bond motifs is 1. The minimum atomic E-state index is -0.953. The molecule has 6 nitrogen and oxygen atoms in total. The first-order valence-electron chi connectivity index (χ1n) is 6.57. The van der Waals surface area contributed by atoms with Crippen LogP contribution in [-0.2, 0) is 16.1 Å². The van der Waals surface area contributed by atoms with Gasteiger partial charge in [0.2, 0.25) is 0 Å². The monoisotopic (exact) mass is 352 g/mol. The molecule has 0 amide bonds. The van der Waals surface area contributed by atoms with E-state index in [1.165, 1.54) is 10.9 Å². The molecule has 0 spiro atoms. The second kappa shape index (κ2) is 5.57. The van der Waals surface area contributed by atoms with E-state index in [1.54, 1.807) is 12.1 Å². The Labute approximate surface area is 128 Å². The number of benzene rings is 1. The van der Waals surface area contributed by atoms with E-state index in [4.69, 9.17) is 9.84 Å². The Hall–Kier alpha value is -1.73. The van der Waals surface area contributed by atoms with Gasteiger partial charge in [0.25, 0.3) is 5.56 Å². The maximum Gasteiger partial charge on any atom is 0.332 e.